The van der Waals surface area contributed by atoms with E-state index in [1.807, 2.05) is 36.4 Å². The first kappa shape index (κ1) is 20.7. The number of halogens is 1. The number of amides is 1. The summed E-state index contributed by atoms with van der Waals surface area (Å²) in [5.74, 6) is 1.17. The van der Waals surface area contributed by atoms with Gasteiger partial charge in [-0.1, -0.05) is 49.7 Å². The van der Waals surface area contributed by atoms with Crippen molar-refractivity contribution in [2.24, 2.45) is 0 Å². The van der Waals surface area contributed by atoms with Crippen LogP contribution in [0.3, 0.4) is 0 Å². The molecule has 1 amide bonds. The van der Waals surface area contributed by atoms with Crippen LogP contribution in [0.25, 0.3) is 0 Å². The van der Waals surface area contributed by atoms with Crippen molar-refractivity contribution in [2.75, 3.05) is 19.7 Å². The van der Waals surface area contributed by atoms with Gasteiger partial charge in [-0.2, -0.15) is 0 Å². The number of likely N-dealkylation sites (tertiary alicyclic amines) is 1. The zero-order chi connectivity index (χ0) is 19.9. The van der Waals surface area contributed by atoms with Crippen LogP contribution in [0.5, 0.6) is 5.75 Å². The van der Waals surface area contributed by atoms with Crippen LogP contribution in [0, 0.1) is 0 Å². The predicted octanol–water partition coefficient (Wildman–Crippen LogP) is 4.62. The molecule has 3 rings (SSSR count). The van der Waals surface area contributed by atoms with Gasteiger partial charge in [-0.3, -0.25) is 9.69 Å². The number of nitrogens with zero attached hydrogens (tertiary/aromatic N) is 1. The minimum atomic E-state index is -0.0518. The number of benzene rings is 2. The molecule has 28 heavy (non-hydrogen) atoms. The summed E-state index contributed by atoms with van der Waals surface area (Å²) in [6.07, 6.45) is 1.92. The summed E-state index contributed by atoms with van der Waals surface area (Å²) in [5.41, 5.74) is 2.53. The van der Waals surface area contributed by atoms with E-state index in [-0.39, 0.29) is 18.6 Å². The van der Waals surface area contributed by atoms with E-state index in [1.54, 1.807) is 0 Å². The highest BCUT2D eigenvalue weighted by Gasteiger charge is 2.20. The second kappa shape index (κ2) is 9.94. The van der Waals surface area contributed by atoms with E-state index in [2.05, 4.69) is 36.2 Å². The second-order valence-corrected chi connectivity index (χ2v) is 8.19. The molecule has 1 fully saturated rings. The Bertz CT molecular complexity index is 751. The number of ether oxygens (including phenoxy) is 1. The number of hydrogen-bond donors (Lipinski definition) is 1. The van der Waals surface area contributed by atoms with Gasteiger partial charge < -0.3 is 10.1 Å². The lowest BCUT2D eigenvalue weighted by atomic mass is 10.0. The maximum absolute atomic E-state index is 12.2. The Hall–Kier alpha value is -2.04. The van der Waals surface area contributed by atoms with E-state index in [0.29, 0.717) is 5.92 Å². The van der Waals surface area contributed by atoms with Crippen molar-refractivity contribution in [1.82, 2.24) is 10.2 Å². The monoisotopic (exact) mass is 400 g/mol. The lowest BCUT2D eigenvalue weighted by molar-refractivity contribution is -0.124. The third-order valence-corrected chi connectivity index (χ3v) is 5.44. The average molecular weight is 401 g/mol. The number of nitrogens with one attached hydrogen (secondary N) is 1. The Morgan fingerprint density at radius 1 is 1.11 bits per heavy atom. The topological polar surface area (TPSA) is 41.6 Å². The second-order valence-electron chi connectivity index (χ2n) is 7.76. The molecule has 1 saturated heterocycles. The standard InChI is InChI=1S/C23H29ClN2O2/c1-17(2)19-5-9-22(10-6-19)28-16-23(27)25-21-11-13-26(14-12-21)15-18-3-7-20(24)8-4-18/h3-10,17,21H,11-16H2,1-2H3,(H,25,27). The molecule has 1 aliphatic heterocycles. The molecule has 0 atom stereocenters. The molecule has 1 aliphatic rings. The number of hydrogen-bond acceptors (Lipinski definition) is 3. The highest BCUT2D eigenvalue weighted by Crippen LogP contribution is 2.19. The summed E-state index contributed by atoms with van der Waals surface area (Å²) in [6.45, 7) is 7.25. The van der Waals surface area contributed by atoms with E-state index >= 15 is 0 Å². The molecule has 150 valence electrons. The van der Waals surface area contributed by atoms with Crippen molar-refractivity contribution in [3.8, 4) is 5.75 Å². The Morgan fingerprint density at radius 3 is 2.36 bits per heavy atom. The lowest BCUT2D eigenvalue weighted by Crippen LogP contribution is -2.45. The Balaban J connectivity index is 1.37. The molecule has 4 nitrogen and oxygen atoms in total. The SMILES string of the molecule is CC(C)c1ccc(OCC(=O)NC2CCN(Cc3ccc(Cl)cc3)CC2)cc1. The maximum atomic E-state index is 12.2. The molecule has 0 saturated carbocycles. The van der Waals surface area contributed by atoms with Gasteiger partial charge in [-0.25, -0.2) is 0 Å². The van der Waals surface area contributed by atoms with E-state index in [0.717, 1.165) is 43.2 Å². The fraction of sp³-hybridized carbons (Fsp3) is 0.435. The van der Waals surface area contributed by atoms with E-state index in [4.69, 9.17) is 16.3 Å². The van der Waals surface area contributed by atoms with Crippen LogP contribution in [0.1, 0.15) is 43.7 Å². The van der Waals surface area contributed by atoms with Crippen molar-refractivity contribution in [1.29, 1.82) is 0 Å². The molecule has 0 unspecified atom stereocenters. The molecule has 0 aromatic heterocycles. The number of carbonyl (C=O) groups is 1. The molecular formula is C23H29ClN2O2. The van der Waals surface area contributed by atoms with Gasteiger partial charge in [0.2, 0.25) is 0 Å². The molecule has 5 heteroatoms. The first-order valence-corrected chi connectivity index (χ1v) is 10.4. The van der Waals surface area contributed by atoms with E-state index in [9.17, 15) is 4.79 Å². The van der Waals surface area contributed by atoms with Gasteiger partial charge in [0.15, 0.2) is 6.61 Å². The van der Waals surface area contributed by atoms with Crippen LogP contribution < -0.4 is 10.1 Å². The molecule has 0 aliphatic carbocycles. The smallest absolute Gasteiger partial charge is 0.258 e. The molecule has 2 aromatic carbocycles. The molecule has 0 spiro atoms. The zero-order valence-corrected chi connectivity index (χ0v) is 17.4. The van der Waals surface area contributed by atoms with Crippen LogP contribution in [-0.4, -0.2) is 36.5 Å². The number of carbonyl (C=O) groups excluding carboxylic acids is 1. The average Bonchev–Trinajstić information content (AvgIpc) is 2.70. The Kier molecular flexibility index (Phi) is 7.35. The maximum Gasteiger partial charge on any atom is 0.258 e. The summed E-state index contributed by atoms with van der Waals surface area (Å²) in [5, 5.41) is 3.87. The third kappa shape index (κ3) is 6.25. The van der Waals surface area contributed by atoms with Crippen molar-refractivity contribution >= 4 is 17.5 Å². The molecule has 0 radical (unpaired) electrons. The van der Waals surface area contributed by atoms with Gasteiger partial charge in [0.25, 0.3) is 5.91 Å². The van der Waals surface area contributed by atoms with Gasteiger partial charge >= 0.3 is 0 Å². The van der Waals surface area contributed by atoms with Crippen LogP contribution in [0.2, 0.25) is 5.02 Å². The van der Waals surface area contributed by atoms with Gasteiger partial charge in [-0.15, -0.1) is 0 Å². The van der Waals surface area contributed by atoms with Gasteiger partial charge in [-0.05, 0) is 54.2 Å². The molecule has 2 aromatic rings. The van der Waals surface area contributed by atoms with E-state index in [1.165, 1.54) is 11.1 Å². The highest BCUT2D eigenvalue weighted by atomic mass is 35.5. The van der Waals surface area contributed by atoms with Crippen LogP contribution in [-0.2, 0) is 11.3 Å². The van der Waals surface area contributed by atoms with Crippen molar-refractivity contribution < 1.29 is 9.53 Å². The predicted molar refractivity (Wildman–Crippen MR) is 114 cm³/mol. The largest absolute Gasteiger partial charge is 0.484 e. The van der Waals surface area contributed by atoms with Crippen molar-refractivity contribution in [3.63, 3.8) is 0 Å². The number of rotatable bonds is 7. The summed E-state index contributed by atoms with van der Waals surface area (Å²) in [7, 11) is 0. The highest BCUT2D eigenvalue weighted by molar-refractivity contribution is 6.30. The van der Waals surface area contributed by atoms with Crippen LogP contribution in [0.15, 0.2) is 48.5 Å². The molecular weight excluding hydrogens is 372 g/mol. The fourth-order valence-electron chi connectivity index (χ4n) is 3.45. The summed E-state index contributed by atoms with van der Waals surface area (Å²) < 4.78 is 5.62. The normalized spacial score (nSPS) is 15.6. The zero-order valence-electron chi connectivity index (χ0n) is 16.7. The summed E-state index contributed by atoms with van der Waals surface area (Å²) in [4.78, 5) is 14.6. The number of piperidine rings is 1. The van der Waals surface area contributed by atoms with Gasteiger partial charge in [0.1, 0.15) is 5.75 Å². The Labute approximate surface area is 172 Å². The molecule has 1 N–H and O–H groups in total. The minimum absolute atomic E-state index is 0.0518. The quantitative estimate of drug-likeness (QED) is 0.737. The first-order valence-electron chi connectivity index (χ1n) is 9.98. The van der Waals surface area contributed by atoms with Crippen molar-refractivity contribution in [2.45, 2.75) is 45.2 Å². The fourth-order valence-corrected chi connectivity index (χ4v) is 3.58. The van der Waals surface area contributed by atoms with Crippen molar-refractivity contribution in [3.05, 3.63) is 64.7 Å². The first-order chi connectivity index (χ1) is 13.5. The van der Waals surface area contributed by atoms with Gasteiger partial charge in [0.05, 0.1) is 0 Å². The molecule has 0 bridgehead atoms. The van der Waals surface area contributed by atoms with Gasteiger partial charge in [0, 0.05) is 30.7 Å². The van der Waals surface area contributed by atoms with E-state index < -0.39 is 0 Å². The summed E-state index contributed by atoms with van der Waals surface area (Å²) in [6, 6.07) is 16.2. The minimum Gasteiger partial charge on any atom is -0.484 e. The Morgan fingerprint density at radius 2 is 1.75 bits per heavy atom. The summed E-state index contributed by atoms with van der Waals surface area (Å²) >= 11 is 5.94. The molecule has 1 heterocycles. The van der Waals surface area contributed by atoms with Crippen LogP contribution >= 0.6 is 11.6 Å². The lowest BCUT2D eigenvalue weighted by Gasteiger charge is -2.32. The third-order valence-electron chi connectivity index (χ3n) is 5.19. The van der Waals surface area contributed by atoms with Crippen LogP contribution in [0.4, 0.5) is 0 Å².